The molecule has 1 atom stereocenters. The van der Waals surface area contributed by atoms with Crippen LogP contribution in [0.1, 0.15) is 42.2 Å². The van der Waals surface area contributed by atoms with Gasteiger partial charge in [-0.15, -0.1) is 0 Å². The standard InChI is InChI=1S/C20H21Cl2NO4/c1-3-26-14-10-8-13(9-11-14)17(12-18(24)27-4-2)23-20(25)19-15(21)6-5-7-16(19)22/h5-11,17H,3-4,12H2,1-2H3,(H,23,25)/t17-/m0/s1. The molecule has 7 heteroatoms. The Balaban J connectivity index is 2.26. The Morgan fingerprint density at radius 2 is 1.63 bits per heavy atom. The summed E-state index contributed by atoms with van der Waals surface area (Å²) in [5, 5.41) is 3.30. The van der Waals surface area contributed by atoms with Crippen LogP contribution in [-0.4, -0.2) is 25.1 Å². The third-order valence-electron chi connectivity index (χ3n) is 3.76. The van der Waals surface area contributed by atoms with E-state index in [2.05, 4.69) is 5.32 Å². The van der Waals surface area contributed by atoms with E-state index in [9.17, 15) is 9.59 Å². The Morgan fingerprint density at radius 1 is 1.00 bits per heavy atom. The molecule has 0 aliphatic rings. The monoisotopic (exact) mass is 409 g/mol. The summed E-state index contributed by atoms with van der Waals surface area (Å²) in [7, 11) is 0. The number of benzene rings is 2. The van der Waals surface area contributed by atoms with Crippen molar-refractivity contribution in [1.29, 1.82) is 0 Å². The Morgan fingerprint density at radius 3 is 2.19 bits per heavy atom. The number of esters is 1. The molecule has 0 spiro atoms. The number of ether oxygens (including phenoxy) is 2. The highest BCUT2D eigenvalue weighted by Crippen LogP contribution is 2.26. The third-order valence-corrected chi connectivity index (χ3v) is 4.39. The van der Waals surface area contributed by atoms with Gasteiger partial charge < -0.3 is 14.8 Å². The van der Waals surface area contributed by atoms with Gasteiger partial charge in [-0.1, -0.05) is 41.4 Å². The van der Waals surface area contributed by atoms with Crippen molar-refractivity contribution in [3.05, 3.63) is 63.6 Å². The topological polar surface area (TPSA) is 64.6 Å². The summed E-state index contributed by atoms with van der Waals surface area (Å²) < 4.78 is 10.5. The molecule has 0 aliphatic heterocycles. The number of carbonyl (C=O) groups is 2. The largest absolute Gasteiger partial charge is 0.494 e. The average Bonchev–Trinajstić information content (AvgIpc) is 2.62. The van der Waals surface area contributed by atoms with Crippen molar-refractivity contribution in [2.24, 2.45) is 0 Å². The van der Waals surface area contributed by atoms with E-state index in [1.807, 2.05) is 6.92 Å². The second-order valence-corrected chi connectivity index (χ2v) is 6.45. The smallest absolute Gasteiger partial charge is 0.308 e. The number of hydrogen-bond donors (Lipinski definition) is 1. The van der Waals surface area contributed by atoms with E-state index in [1.54, 1.807) is 49.4 Å². The van der Waals surface area contributed by atoms with Crippen molar-refractivity contribution in [2.75, 3.05) is 13.2 Å². The van der Waals surface area contributed by atoms with Crippen LogP contribution in [0.3, 0.4) is 0 Å². The molecule has 0 heterocycles. The highest BCUT2D eigenvalue weighted by atomic mass is 35.5. The predicted molar refractivity (Wildman–Crippen MR) is 106 cm³/mol. The summed E-state index contributed by atoms with van der Waals surface area (Å²) in [6, 6.07) is 11.4. The molecule has 5 nitrogen and oxygen atoms in total. The van der Waals surface area contributed by atoms with Gasteiger partial charge in [-0.3, -0.25) is 9.59 Å². The highest BCUT2D eigenvalue weighted by molar-refractivity contribution is 6.39. The lowest BCUT2D eigenvalue weighted by Crippen LogP contribution is -2.31. The maximum atomic E-state index is 12.7. The molecule has 1 amide bonds. The van der Waals surface area contributed by atoms with Crippen molar-refractivity contribution >= 4 is 35.1 Å². The first-order valence-electron chi connectivity index (χ1n) is 8.59. The Kier molecular flexibility index (Phi) is 7.95. The maximum Gasteiger partial charge on any atom is 0.308 e. The number of halogens is 2. The minimum atomic E-state index is -0.598. The predicted octanol–water partition coefficient (Wildman–Crippen LogP) is 4.82. The minimum Gasteiger partial charge on any atom is -0.494 e. The SMILES string of the molecule is CCOC(=O)C[C@H](NC(=O)c1c(Cl)cccc1Cl)c1ccc(OCC)cc1. The van der Waals surface area contributed by atoms with E-state index in [-0.39, 0.29) is 28.6 Å². The number of hydrogen-bond acceptors (Lipinski definition) is 4. The van der Waals surface area contributed by atoms with E-state index in [0.717, 1.165) is 5.56 Å². The van der Waals surface area contributed by atoms with E-state index in [4.69, 9.17) is 32.7 Å². The molecule has 0 radical (unpaired) electrons. The second-order valence-electron chi connectivity index (χ2n) is 5.63. The van der Waals surface area contributed by atoms with Crippen molar-refractivity contribution in [3.63, 3.8) is 0 Å². The number of nitrogens with one attached hydrogen (secondary N) is 1. The number of amides is 1. The normalized spacial score (nSPS) is 11.6. The molecule has 0 unspecified atom stereocenters. The van der Waals surface area contributed by atoms with Gasteiger partial charge in [-0.25, -0.2) is 0 Å². The zero-order valence-electron chi connectivity index (χ0n) is 15.1. The number of rotatable bonds is 8. The van der Waals surface area contributed by atoms with Gasteiger partial charge in [0.15, 0.2) is 0 Å². The van der Waals surface area contributed by atoms with Gasteiger partial charge in [-0.2, -0.15) is 0 Å². The van der Waals surface area contributed by atoms with Crippen LogP contribution >= 0.6 is 23.2 Å². The molecule has 0 aromatic heterocycles. The third kappa shape index (κ3) is 5.88. The summed E-state index contributed by atoms with van der Waals surface area (Å²) >= 11 is 12.2. The van der Waals surface area contributed by atoms with Crippen LogP contribution in [0, 0.1) is 0 Å². The molecular weight excluding hydrogens is 389 g/mol. The first-order valence-corrected chi connectivity index (χ1v) is 9.35. The van der Waals surface area contributed by atoms with Crippen LogP contribution in [0.25, 0.3) is 0 Å². The lowest BCUT2D eigenvalue weighted by Gasteiger charge is -2.20. The number of carbonyl (C=O) groups excluding carboxylic acids is 2. The molecule has 144 valence electrons. The Labute approximate surface area is 168 Å². The molecule has 27 heavy (non-hydrogen) atoms. The average molecular weight is 410 g/mol. The summed E-state index contributed by atoms with van der Waals surface area (Å²) in [4.78, 5) is 24.7. The van der Waals surface area contributed by atoms with Crippen molar-refractivity contribution in [2.45, 2.75) is 26.3 Å². The van der Waals surface area contributed by atoms with Crippen LogP contribution < -0.4 is 10.1 Å². The van der Waals surface area contributed by atoms with E-state index < -0.39 is 17.9 Å². The molecule has 0 saturated carbocycles. The molecule has 2 rings (SSSR count). The molecule has 2 aromatic rings. The Hall–Kier alpha value is -2.24. The van der Waals surface area contributed by atoms with Crippen molar-refractivity contribution in [3.8, 4) is 5.75 Å². The molecular formula is C20H21Cl2NO4. The van der Waals surface area contributed by atoms with Gasteiger partial charge in [0, 0.05) is 0 Å². The molecule has 0 bridgehead atoms. The fourth-order valence-electron chi connectivity index (χ4n) is 2.55. The molecule has 1 N–H and O–H groups in total. The van der Waals surface area contributed by atoms with Gasteiger partial charge in [0.2, 0.25) is 0 Å². The van der Waals surface area contributed by atoms with Crippen LogP contribution in [0.4, 0.5) is 0 Å². The molecule has 0 saturated heterocycles. The van der Waals surface area contributed by atoms with E-state index in [0.29, 0.717) is 12.4 Å². The first kappa shape index (κ1) is 21.1. The van der Waals surface area contributed by atoms with Crippen molar-refractivity contribution < 1.29 is 19.1 Å². The van der Waals surface area contributed by atoms with Crippen LogP contribution in [0.15, 0.2) is 42.5 Å². The van der Waals surface area contributed by atoms with E-state index in [1.165, 1.54) is 0 Å². The summed E-state index contributed by atoms with van der Waals surface area (Å²) in [6.45, 7) is 4.43. The minimum absolute atomic E-state index is 0.0182. The molecule has 2 aromatic carbocycles. The lowest BCUT2D eigenvalue weighted by molar-refractivity contribution is -0.143. The fourth-order valence-corrected chi connectivity index (χ4v) is 3.12. The zero-order valence-corrected chi connectivity index (χ0v) is 16.6. The zero-order chi connectivity index (χ0) is 19.8. The van der Waals surface area contributed by atoms with Gasteiger partial charge in [0.25, 0.3) is 5.91 Å². The van der Waals surface area contributed by atoms with Crippen molar-refractivity contribution in [1.82, 2.24) is 5.32 Å². The van der Waals surface area contributed by atoms with Gasteiger partial charge in [0.1, 0.15) is 5.75 Å². The maximum absolute atomic E-state index is 12.7. The van der Waals surface area contributed by atoms with Crippen LogP contribution in [0.2, 0.25) is 10.0 Å². The molecule has 0 aliphatic carbocycles. The first-order chi connectivity index (χ1) is 13.0. The van der Waals surface area contributed by atoms with Crippen LogP contribution in [-0.2, 0) is 9.53 Å². The summed E-state index contributed by atoms with van der Waals surface area (Å²) in [6.07, 6.45) is -0.0182. The summed E-state index contributed by atoms with van der Waals surface area (Å²) in [5.41, 5.74) is 0.906. The van der Waals surface area contributed by atoms with Gasteiger partial charge >= 0.3 is 5.97 Å². The van der Waals surface area contributed by atoms with Gasteiger partial charge in [-0.05, 0) is 43.7 Å². The fraction of sp³-hybridized carbons (Fsp3) is 0.300. The van der Waals surface area contributed by atoms with Crippen LogP contribution in [0.5, 0.6) is 5.75 Å². The summed E-state index contributed by atoms with van der Waals surface area (Å²) in [5.74, 6) is -0.174. The second kappa shape index (κ2) is 10.2. The lowest BCUT2D eigenvalue weighted by atomic mass is 10.0. The van der Waals surface area contributed by atoms with E-state index >= 15 is 0 Å². The molecule has 0 fully saturated rings. The Bertz CT molecular complexity index is 773. The van der Waals surface area contributed by atoms with Gasteiger partial charge in [0.05, 0.1) is 41.3 Å². The quantitative estimate of drug-likeness (QED) is 0.634. The highest BCUT2D eigenvalue weighted by Gasteiger charge is 2.22.